The number of hydrogen-bond donors (Lipinski definition) is 0. The van der Waals surface area contributed by atoms with E-state index in [2.05, 4.69) is 12.6 Å². The molecule has 1 aromatic carbocycles. The fraction of sp³-hybridized carbons (Fsp3) is 0.167. The van der Waals surface area contributed by atoms with Crippen LogP contribution in [-0.2, 0) is 0 Å². The van der Waals surface area contributed by atoms with Crippen molar-refractivity contribution in [3.63, 3.8) is 0 Å². The third kappa shape index (κ3) is 1.94. The Morgan fingerprint density at radius 2 is 2.29 bits per heavy atom. The highest BCUT2D eigenvalue weighted by molar-refractivity contribution is 5.49. The van der Waals surface area contributed by atoms with E-state index >= 15 is 0 Å². The van der Waals surface area contributed by atoms with Crippen molar-refractivity contribution in [3.8, 4) is 11.8 Å². The van der Waals surface area contributed by atoms with Gasteiger partial charge in [-0.25, -0.2) is 0 Å². The molecule has 0 aliphatic heterocycles. The summed E-state index contributed by atoms with van der Waals surface area (Å²) in [5.41, 5.74) is 1.54. The summed E-state index contributed by atoms with van der Waals surface area (Å²) in [6, 6.07) is 7.60. The van der Waals surface area contributed by atoms with E-state index < -0.39 is 0 Å². The van der Waals surface area contributed by atoms with Crippen LogP contribution in [0, 0.1) is 17.2 Å². The summed E-state index contributed by atoms with van der Waals surface area (Å²) in [5.74, 6) is 1.65. The molecule has 0 spiro atoms. The lowest BCUT2D eigenvalue weighted by Crippen LogP contribution is -1.93. The van der Waals surface area contributed by atoms with E-state index in [9.17, 15) is 0 Å². The minimum atomic E-state index is 0.547. The molecule has 0 bridgehead atoms. The van der Waals surface area contributed by atoms with Gasteiger partial charge in [0.25, 0.3) is 0 Å². The third-order valence-corrected chi connectivity index (χ3v) is 2.08. The van der Waals surface area contributed by atoms with Crippen LogP contribution in [0.5, 0.6) is 5.75 Å². The molecule has 0 aliphatic rings. The first kappa shape index (κ1) is 10.3. The second-order valence-corrected chi connectivity index (χ2v) is 2.91. The topological polar surface area (TPSA) is 33.0 Å². The van der Waals surface area contributed by atoms with Gasteiger partial charge in [-0.1, -0.05) is 19.1 Å². The van der Waals surface area contributed by atoms with E-state index in [1.165, 1.54) is 0 Å². The van der Waals surface area contributed by atoms with Gasteiger partial charge in [-0.15, -0.1) is 6.58 Å². The van der Waals surface area contributed by atoms with Gasteiger partial charge in [0.1, 0.15) is 11.8 Å². The Labute approximate surface area is 84.4 Å². The molecule has 0 fully saturated rings. The van der Waals surface area contributed by atoms with Crippen LogP contribution in [0.15, 0.2) is 30.9 Å². The number of nitrogens with zero attached hydrogens (tertiary/aromatic N) is 1. The van der Waals surface area contributed by atoms with Crippen molar-refractivity contribution >= 4 is 0 Å². The molecule has 0 unspecified atom stereocenters. The summed E-state index contributed by atoms with van der Waals surface area (Å²) in [6.45, 7) is 5.64. The second kappa shape index (κ2) is 4.48. The van der Waals surface area contributed by atoms with Crippen LogP contribution in [0.2, 0.25) is 0 Å². The molecule has 0 N–H and O–H groups in total. The van der Waals surface area contributed by atoms with Crippen LogP contribution in [-0.4, -0.2) is 7.11 Å². The minimum Gasteiger partial charge on any atom is -0.495 e. The predicted octanol–water partition coefficient (Wildman–Crippen LogP) is 2.70. The lowest BCUT2D eigenvalue weighted by Gasteiger charge is -2.08. The van der Waals surface area contributed by atoms with Crippen molar-refractivity contribution in [2.24, 2.45) is 0 Å². The Kier molecular flexibility index (Phi) is 3.30. The quantitative estimate of drug-likeness (QED) is 0.727. The summed E-state index contributed by atoms with van der Waals surface area (Å²) in [6.07, 6.45) is 1.77. The van der Waals surface area contributed by atoms with E-state index in [1.807, 2.05) is 13.0 Å². The van der Waals surface area contributed by atoms with Crippen molar-refractivity contribution in [2.45, 2.75) is 6.92 Å². The summed E-state index contributed by atoms with van der Waals surface area (Å²) in [4.78, 5) is 0. The molecule has 71 valence electrons. The van der Waals surface area contributed by atoms with Crippen molar-refractivity contribution in [3.05, 3.63) is 47.9 Å². The number of ether oxygens (including phenoxy) is 1. The average molecular weight is 186 g/mol. The zero-order valence-electron chi connectivity index (χ0n) is 8.37. The molecule has 0 heterocycles. The molecule has 1 radical (unpaired) electrons. The van der Waals surface area contributed by atoms with Gasteiger partial charge in [0.05, 0.1) is 12.7 Å². The smallest absolute Gasteiger partial charge is 0.136 e. The highest BCUT2D eigenvalue weighted by Gasteiger charge is 2.06. The van der Waals surface area contributed by atoms with Crippen molar-refractivity contribution < 1.29 is 4.74 Å². The molecule has 0 saturated heterocycles. The van der Waals surface area contributed by atoms with Crippen LogP contribution < -0.4 is 4.74 Å². The SMILES string of the molecule is C=C[C](C)c1ccc(OC)c(C#N)c1. The van der Waals surface area contributed by atoms with Gasteiger partial charge in [0.15, 0.2) is 0 Å². The van der Waals surface area contributed by atoms with Gasteiger partial charge in [-0.05, 0) is 17.7 Å². The lowest BCUT2D eigenvalue weighted by atomic mass is 9.99. The van der Waals surface area contributed by atoms with Crippen LogP contribution in [0.25, 0.3) is 0 Å². The molecule has 0 atom stereocenters. The molecule has 0 aromatic heterocycles. The summed E-state index contributed by atoms with van der Waals surface area (Å²) < 4.78 is 5.05. The molecule has 0 amide bonds. The lowest BCUT2D eigenvalue weighted by molar-refractivity contribution is 0.413. The van der Waals surface area contributed by atoms with Crippen molar-refractivity contribution in [2.75, 3.05) is 7.11 Å². The number of hydrogen-bond acceptors (Lipinski definition) is 2. The van der Waals surface area contributed by atoms with Gasteiger partial charge in [-0.3, -0.25) is 0 Å². The molecule has 14 heavy (non-hydrogen) atoms. The van der Waals surface area contributed by atoms with Crippen LogP contribution in [0.1, 0.15) is 18.1 Å². The standard InChI is InChI=1S/C12H12NO/c1-4-9(2)10-5-6-12(14-3)11(7-10)8-13/h4-7H,1H2,2-3H3. The molecule has 2 heteroatoms. The Hall–Kier alpha value is -1.75. The number of methoxy groups -OCH3 is 1. The Morgan fingerprint density at radius 3 is 2.79 bits per heavy atom. The predicted molar refractivity (Wildman–Crippen MR) is 55.9 cm³/mol. The summed E-state index contributed by atoms with van der Waals surface area (Å²) in [7, 11) is 1.56. The van der Waals surface area contributed by atoms with Gasteiger partial charge in [0, 0.05) is 5.92 Å². The number of benzene rings is 1. The first-order chi connectivity index (χ1) is 6.72. The van der Waals surface area contributed by atoms with Crippen LogP contribution in [0.4, 0.5) is 0 Å². The van der Waals surface area contributed by atoms with Crippen molar-refractivity contribution in [1.29, 1.82) is 5.26 Å². The Balaban J connectivity index is 3.15. The minimum absolute atomic E-state index is 0.547. The molecular weight excluding hydrogens is 174 g/mol. The van der Waals surface area contributed by atoms with E-state index in [-0.39, 0.29) is 0 Å². The van der Waals surface area contributed by atoms with Gasteiger partial charge in [0.2, 0.25) is 0 Å². The highest BCUT2D eigenvalue weighted by Crippen LogP contribution is 2.23. The number of nitriles is 1. The summed E-state index contributed by atoms with van der Waals surface area (Å²) in [5, 5.41) is 8.86. The van der Waals surface area contributed by atoms with E-state index in [0.29, 0.717) is 11.3 Å². The molecular formula is C12H12NO. The zero-order chi connectivity index (χ0) is 10.6. The fourth-order valence-electron chi connectivity index (χ4n) is 1.16. The fourth-order valence-corrected chi connectivity index (χ4v) is 1.16. The van der Waals surface area contributed by atoms with Gasteiger partial charge >= 0.3 is 0 Å². The molecule has 0 saturated carbocycles. The Morgan fingerprint density at radius 1 is 1.57 bits per heavy atom. The first-order valence-corrected chi connectivity index (χ1v) is 4.27. The zero-order valence-corrected chi connectivity index (χ0v) is 8.37. The average Bonchev–Trinajstić information content (AvgIpc) is 2.26. The molecule has 1 aromatic rings. The Bertz CT molecular complexity index is 376. The monoisotopic (exact) mass is 186 g/mol. The highest BCUT2D eigenvalue weighted by atomic mass is 16.5. The maximum Gasteiger partial charge on any atom is 0.136 e. The van der Waals surface area contributed by atoms with Gasteiger partial charge < -0.3 is 4.74 Å². The van der Waals surface area contributed by atoms with E-state index in [0.717, 1.165) is 11.5 Å². The molecule has 1 rings (SSSR count). The van der Waals surface area contributed by atoms with Gasteiger partial charge in [-0.2, -0.15) is 5.26 Å². The number of allylic oxidation sites excluding steroid dienone is 1. The molecule has 0 aliphatic carbocycles. The second-order valence-electron chi connectivity index (χ2n) is 2.91. The maximum absolute atomic E-state index is 8.86. The number of rotatable bonds is 3. The third-order valence-electron chi connectivity index (χ3n) is 2.08. The first-order valence-electron chi connectivity index (χ1n) is 4.27. The summed E-state index contributed by atoms with van der Waals surface area (Å²) >= 11 is 0. The van der Waals surface area contributed by atoms with Crippen LogP contribution in [0.3, 0.4) is 0 Å². The normalized spacial score (nSPS) is 9.57. The van der Waals surface area contributed by atoms with Crippen LogP contribution >= 0.6 is 0 Å². The van der Waals surface area contributed by atoms with E-state index in [1.54, 1.807) is 25.3 Å². The largest absolute Gasteiger partial charge is 0.495 e. The molecule has 2 nitrogen and oxygen atoms in total. The van der Waals surface area contributed by atoms with E-state index in [4.69, 9.17) is 10.00 Å². The maximum atomic E-state index is 8.86. The van der Waals surface area contributed by atoms with Crippen molar-refractivity contribution in [1.82, 2.24) is 0 Å².